The fourth-order valence-electron chi connectivity index (χ4n) is 3.19. The molecule has 1 N–H and O–H groups in total. The number of likely N-dealkylation sites (tertiary alicyclic amines) is 1. The summed E-state index contributed by atoms with van der Waals surface area (Å²) in [6.07, 6.45) is 0.926. The molecule has 0 aliphatic carbocycles. The monoisotopic (exact) mass is 380 g/mol. The molecule has 0 aromatic heterocycles. The minimum Gasteiger partial charge on any atom is -0.481 e. The second-order valence-corrected chi connectivity index (χ2v) is 6.83. The average Bonchev–Trinajstić information content (AvgIpc) is 3.13. The summed E-state index contributed by atoms with van der Waals surface area (Å²) in [6, 6.07) is 7.41. The van der Waals surface area contributed by atoms with Gasteiger partial charge in [-0.05, 0) is 31.0 Å². The van der Waals surface area contributed by atoms with Gasteiger partial charge in [-0.1, -0.05) is 22.0 Å². The number of aliphatic carboxylic acids is 1. The molecule has 0 unspecified atom stereocenters. The van der Waals surface area contributed by atoms with Crippen molar-refractivity contribution in [2.24, 2.45) is 11.8 Å². The predicted molar refractivity (Wildman–Crippen MR) is 86.9 cm³/mol. The third-order valence-electron chi connectivity index (χ3n) is 4.47. The molecule has 0 bridgehead atoms. The van der Waals surface area contributed by atoms with Crippen LogP contribution in [0.15, 0.2) is 28.7 Å². The van der Waals surface area contributed by atoms with Crippen molar-refractivity contribution in [1.29, 1.82) is 0 Å². The quantitative estimate of drug-likeness (QED) is 0.810. The summed E-state index contributed by atoms with van der Waals surface area (Å²) >= 11 is 3.38. The van der Waals surface area contributed by atoms with Crippen LogP contribution in [0.3, 0.4) is 0 Å². The van der Waals surface area contributed by atoms with E-state index in [1.165, 1.54) is 4.90 Å². The van der Waals surface area contributed by atoms with Gasteiger partial charge in [0, 0.05) is 29.8 Å². The van der Waals surface area contributed by atoms with Crippen molar-refractivity contribution in [3.8, 4) is 0 Å². The number of hydrogen-bond acceptors (Lipinski definition) is 3. The molecule has 2 aliphatic heterocycles. The molecular weight excluding hydrogens is 364 g/mol. The van der Waals surface area contributed by atoms with Crippen LogP contribution < -0.4 is 4.90 Å². The molecule has 0 spiro atoms. The van der Waals surface area contributed by atoms with E-state index < -0.39 is 17.8 Å². The Balaban J connectivity index is 1.69. The van der Waals surface area contributed by atoms with Crippen molar-refractivity contribution >= 4 is 39.4 Å². The molecule has 2 saturated heterocycles. The number of carbonyl (C=O) groups is 3. The first kappa shape index (κ1) is 16.0. The van der Waals surface area contributed by atoms with Crippen molar-refractivity contribution in [3.63, 3.8) is 0 Å². The summed E-state index contributed by atoms with van der Waals surface area (Å²) in [4.78, 5) is 39.3. The molecule has 2 amide bonds. The van der Waals surface area contributed by atoms with Gasteiger partial charge in [0.25, 0.3) is 0 Å². The fraction of sp³-hybridized carbons (Fsp3) is 0.438. The second-order valence-electron chi connectivity index (χ2n) is 5.92. The molecular formula is C16H17BrN2O4. The molecule has 2 heterocycles. The van der Waals surface area contributed by atoms with Crippen molar-refractivity contribution in [2.75, 3.05) is 24.5 Å². The summed E-state index contributed by atoms with van der Waals surface area (Å²) in [5.41, 5.74) is 0.768. The lowest BCUT2D eigenvalue weighted by atomic mass is 10.1. The van der Waals surface area contributed by atoms with Gasteiger partial charge in [0.15, 0.2) is 0 Å². The lowest BCUT2D eigenvalue weighted by Crippen LogP contribution is -2.39. The Morgan fingerprint density at radius 1 is 1.22 bits per heavy atom. The van der Waals surface area contributed by atoms with Gasteiger partial charge in [0.05, 0.1) is 5.92 Å². The highest BCUT2D eigenvalue weighted by molar-refractivity contribution is 9.10. The zero-order valence-corrected chi connectivity index (χ0v) is 14.0. The molecule has 2 fully saturated rings. The average molecular weight is 381 g/mol. The molecule has 7 heteroatoms. The van der Waals surface area contributed by atoms with Crippen LogP contribution in [-0.4, -0.2) is 47.4 Å². The van der Waals surface area contributed by atoms with E-state index in [0.717, 1.165) is 10.2 Å². The number of carboxylic acid groups (broad SMARTS) is 1. The van der Waals surface area contributed by atoms with Gasteiger partial charge >= 0.3 is 5.97 Å². The number of rotatable bonds is 3. The third kappa shape index (κ3) is 3.10. The summed E-state index contributed by atoms with van der Waals surface area (Å²) < 4.78 is 0.876. The molecule has 0 radical (unpaired) electrons. The van der Waals surface area contributed by atoms with Crippen LogP contribution in [-0.2, 0) is 14.4 Å². The Bertz CT molecular complexity index is 663. The minimum absolute atomic E-state index is 0.202. The molecule has 2 aliphatic rings. The van der Waals surface area contributed by atoms with E-state index in [1.54, 1.807) is 4.90 Å². The van der Waals surface area contributed by atoms with Crippen LogP contribution in [0, 0.1) is 11.8 Å². The highest BCUT2D eigenvalue weighted by Crippen LogP contribution is 2.29. The largest absolute Gasteiger partial charge is 0.481 e. The Kier molecular flexibility index (Phi) is 4.39. The first-order chi connectivity index (χ1) is 11.0. The molecule has 6 nitrogen and oxygen atoms in total. The molecule has 1 aromatic rings. The lowest BCUT2D eigenvalue weighted by molar-refractivity contribution is -0.142. The van der Waals surface area contributed by atoms with Gasteiger partial charge in [0.1, 0.15) is 5.92 Å². The number of nitrogens with zero attached hydrogens (tertiary/aromatic N) is 2. The number of amides is 2. The van der Waals surface area contributed by atoms with Crippen molar-refractivity contribution in [1.82, 2.24) is 4.90 Å². The number of carboxylic acids is 1. The highest BCUT2D eigenvalue weighted by atomic mass is 79.9. The van der Waals surface area contributed by atoms with Gasteiger partial charge in [0.2, 0.25) is 11.8 Å². The van der Waals surface area contributed by atoms with E-state index in [4.69, 9.17) is 5.11 Å². The van der Waals surface area contributed by atoms with Crippen molar-refractivity contribution < 1.29 is 19.5 Å². The standard InChI is InChI=1S/C16H17BrN2O4/c17-11-2-1-3-12(8-11)19-7-5-13(15(19)21)14(20)18-6-4-10(9-18)16(22)23/h1-3,8,10,13H,4-7,9H2,(H,22,23)/t10-,13+/m1/s1. The Morgan fingerprint density at radius 3 is 2.65 bits per heavy atom. The zero-order valence-electron chi connectivity index (χ0n) is 12.4. The van der Waals surface area contributed by atoms with E-state index in [1.807, 2.05) is 24.3 Å². The summed E-state index contributed by atoms with van der Waals surface area (Å²) in [7, 11) is 0. The maximum Gasteiger partial charge on any atom is 0.308 e. The van der Waals surface area contributed by atoms with Crippen LogP contribution in [0.2, 0.25) is 0 Å². The Hall–Kier alpha value is -1.89. The molecule has 23 heavy (non-hydrogen) atoms. The summed E-state index contributed by atoms with van der Waals surface area (Å²) in [5.74, 6) is -2.53. The summed E-state index contributed by atoms with van der Waals surface area (Å²) in [5, 5.41) is 9.03. The minimum atomic E-state index is -0.881. The van der Waals surface area contributed by atoms with Crippen molar-refractivity contribution in [2.45, 2.75) is 12.8 Å². The van der Waals surface area contributed by atoms with Crippen LogP contribution in [0.5, 0.6) is 0 Å². The smallest absolute Gasteiger partial charge is 0.308 e. The number of benzene rings is 1. The van der Waals surface area contributed by atoms with Gasteiger partial charge in [-0.2, -0.15) is 0 Å². The lowest BCUT2D eigenvalue weighted by Gasteiger charge is -2.20. The van der Waals surface area contributed by atoms with E-state index in [2.05, 4.69) is 15.9 Å². The maximum atomic E-state index is 12.6. The van der Waals surface area contributed by atoms with Gasteiger partial charge in [-0.3, -0.25) is 14.4 Å². The van der Waals surface area contributed by atoms with Gasteiger partial charge in [-0.25, -0.2) is 0 Å². The normalized spacial score (nSPS) is 24.3. The number of carbonyl (C=O) groups excluding carboxylic acids is 2. The molecule has 122 valence electrons. The first-order valence-corrected chi connectivity index (χ1v) is 8.35. The third-order valence-corrected chi connectivity index (χ3v) is 4.97. The van der Waals surface area contributed by atoms with E-state index in [9.17, 15) is 14.4 Å². The highest BCUT2D eigenvalue weighted by Gasteiger charge is 2.42. The molecule has 3 rings (SSSR count). The van der Waals surface area contributed by atoms with Crippen LogP contribution in [0.1, 0.15) is 12.8 Å². The number of hydrogen-bond donors (Lipinski definition) is 1. The zero-order chi connectivity index (χ0) is 16.6. The van der Waals surface area contributed by atoms with E-state index in [-0.39, 0.29) is 18.4 Å². The predicted octanol–water partition coefficient (Wildman–Crippen LogP) is 1.74. The molecule has 2 atom stereocenters. The Morgan fingerprint density at radius 2 is 2.00 bits per heavy atom. The summed E-state index contributed by atoms with van der Waals surface area (Å²) in [6.45, 7) is 1.12. The Labute approximate surface area is 142 Å². The van der Waals surface area contributed by atoms with Gasteiger partial charge in [-0.15, -0.1) is 0 Å². The first-order valence-electron chi connectivity index (χ1n) is 7.56. The fourth-order valence-corrected chi connectivity index (χ4v) is 3.58. The SMILES string of the molecule is O=C(O)[C@@H]1CCN(C(=O)[C@@H]2CCN(c3cccc(Br)c3)C2=O)C1. The van der Waals surface area contributed by atoms with E-state index >= 15 is 0 Å². The van der Waals surface area contributed by atoms with Crippen molar-refractivity contribution in [3.05, 3.63) is 28.7 Å². The topological polar surface area (TPSA) is 77.9 Å². The van der Waals surface area contributed by atoms with Gasteiger partial charge < -0.3 is 14.9 Å². The molecule has 1 aromatic carbocycles. The van der Waals surface area contributed by atoms with Crippen LogP contribution >= 0.6 is 15.9 Å². The number of halogens is 1. The molecule has 0 saturated carbocycles. The van der Waals surface area contributed by atoms with Crippen LogP contribution in [0.25, 0.3) is 0 Å². The number of anilines is 1. The van der Waals surface area contributed by atoms with Crippen LogP contribution in [0.4, 0.5) is 5.69 Å². The van der Waals surface area contributed by atoms with E-state index in [0.29, 0.717) is 25.9 Å². The second kappa shape index (κ2) is 6.31. The maximum absolute atomic E-state index is 12.6.